The summed E-state index contributed by atoms with van der Waals surface area (Å²) in [5, 5.41) is 20.8. The molecule has 0 atom stereocenters. The number of rotatable bonds is 6. The third kappa shape index (κ3) is 3.83. The van der Waals surface area contributed by atoms with Gasteiger partial charge in [-0.3, -0.25) is 0 Å². The molecule has 3 heterocycles. The van der Waals surface area contributed by atoms with E-state index in [0.717, 1.165) is 11.4 Å². The van der Waals surface area contributed by atoms with Gasteiger partial charge in [0.2, 0.25) is 0 Å². The third-order valence-electron chi connectivity index (χ3n) is 4.89. The van der Waals surface area contributed by atoms with Crippen LogP contribution in [0.4, 0.5) is 5.69 Å². The van der Waals surface area contributed by atoms with Gasteiger partial charge < -0.3 is 14.3 Å². The van der Waals surface area contributed by atoms with Gasteiger partial charge in [-0.25, -0.2) is 4.68 Å². The average Bonchev–Trinajstić information content (AvgIpc) is 3.52. The van der Waals surface area contributed by atoms with Crippen LogP contribution in [0, 0.1) is 18.7 Å². The summed E-state index contributed by atoms with van der Waals surface area (Å²) in [7, 11) is 0. The molecule has 160 valence electrons. The number of para-hydroxylation sites is 1. The highest BCUT2D eigenvalue weighted by atomic mass is 32.1. The van der Waals surface area contributed by atoms with Crippen LogP contribution >= 0.6 is 12.2 Å². The number of aryl methyl sites for hydroxylation is 2. The number of hydrogen-bond donors (Lipinski definition) is 1. The van der Waals surface area contributed by atoms with Crippen molar-refractivity contribution in [2.24, 2.45) is 0 Å². The number of benzene rings is 2. The van der Waals surface area contributed by atoms with Crippen molar-refractivity contribution in [2.45, 2.75) is 20.5 Å². The first-order chi connectivity index (χ1) is 15.6. The molecule has 0 saturated heterocycles. The van der Waals surface area contributed by atoms with Gasteiger partial charge in [-0.1, -0.05) is 41.1 Å². The molecular weight excluding hydrogens is 426 g/mol. The number of anilines is 1. The summed E-state index contributed by atoms with van der Waals surface area (Å²) in [6, 6.07) is 17.7. The van der Waals surface area contributed by atoms with Crippen LogP contribution in [0.2, 0.25) is 0 Å². The lowest BCUT2D eigenvalue weighted by Gasteiger charge is -2.05. The number of nitrogens with zero attached hydrogens (tertiary/aromatic N) is 6. The molecule has 0 spiro atoms. The Bertz CT molecular complexity index is 1410. The molecule has 0 saturated carbocycles. The van der Waals surface area contributed by atoms with Gasteiger partial charge >= 0.3 is 0 Å². The molecule has 5 aromatic rings. The summed E-state index contributed by atoms with van der Waals surface area (Å²) < 4.78 is 12.8. The second kappa shape index (κ2) is 8.23. The standard InChI is InChI=1S/C22H19N7O2S/c1-14-8-10-16(11-9-14)23-13-28-22(32)30-21(26-28)19-15(2)31-27-20(19)18-12-24-29(25-18)17-6-4-3-5-7-17/h3-12,23H,13H2,1-2H3. The first kappa shape index (κ1) is 19.9. The fourth-order valence-electron chi connectivity index (χ4n) is 3.20. The molecular formula is C22H19N7O2S. The predicted octanol–water partition coefficient (Wildman–Crippen LogP) is 4.79. The SMILES string of the molecule is Cc1ccc(NCn2nc(-c3c(-c4cnn(-c5ccccc5)n4)noc3C)oc2=S)cc1. The Morgan fingerprint density at radius 2 is 1.78 bits per heavy atom. The third-order valence-corrected chi connectivity index (χ3v) is 5.18. The van der Waals surface area contributed by atoms with Crippen molar-refractivity contribution < 1.29 is 8.94 Å². The zero-order valence-electron chi connectivity index (χ0n) is 17.4. The molecule has 2 aromatic carbocycles. The number of hydrogen-bond acceptors (Lipinski definition) is 8. The van der Waals surface area contributed by atoms with Crippen LogP contribution < -0.4 is 5.32 Å². The molecule has 9 nitrogen and oxygen atoms in total. The summed E-state index contributed by atoms with van der Waals surface area (Å²) in [5.41, 5.74) is 4.60. The minimum atomic E-state index is 0.235. The predicted molar refractivity (Wildman–Crippen MR) is 121 cm³/mol. The minimum absolute atomic E-state index is 0.235. The Balaban J connectivity index is 1.44. The smallest absolute Gasteiger partial charge is 0.289 e. The number of nitrogens with one attached hydrogen (secondary N) is 1. The van der Waals surface area contributed by atoms with Crippen LogP contribution in [-0.2, 0) is 6.67 Å². The van der Waals surface area contributed by atoms with Gasteiger partial charge in [0.05, 0.1) is 11.9 Å². The van der Waals surface area contributed by atoms with Gasteiger partial charge in [0.1, 0.15) is 29.4 Å². The lowest BCUT2D eigenvalue weighted by Crippen LogP contribution is -2.09. The van der Waals surface area contributed by atoms with Gasteiger partial charge in [-0.05, 0) is 50.3 Å². The molecule has 0 fully saturated rings. The highest BCUT2D eigenvalue weighted by molar-refractivity contribution is 7.71. The van der Waals surface area contributed by atoms with Crippen molar-refractivity contribution in [3.8, 4) is 28.5 Å². The van der Waals surface area contributed by atoms with Gasteiger partial charge in [0.25, 0.3) is 10.7 Å². The van der Waals surface area contributed by atoms with Gasteiger partial charge in [0, 0.05) is 5.69 Å². The van der Waals surface area contributed by atoms with Crippen LogP contribution in [0.5, 0.6) is 0 Å². The van der Waals surface area contributed by atoms with Crippen molar-refractivity contribution in [2.75, 3.05) is 5.32 Å². The molecule has 5 rings (SSSR count). The second-order valence-electron chi connectivity index (χ2n) is 7.19. The maximum Gasteiger partial charge on any atom is 0.289 e. The normalized spacial score (nSPS) is 11.1. The molecule has 32 heavy (non-hydrogen) atoms. The molecule has 0 radical (unpaired) electrons. The van der Waals surface area contributed by atoms with Crippen molar-refractivity contribution in [3.05, 3.63) is 77.0 Å². The summed E-state index contributed by atoms with van der Waals surface area (Å²) in [6.07, 6.45) is 1.62. The van der Waals surface area contributed by atoms with E-state index in [2.05, 4.69) is 25.8 Å². The van der Waals surface area contributed by atoms with Crippen LogP contribution in [0.25, 0.3) is 28.5 Å². The van der Waals surface area contributed by atoms with E-state index < -0.39 is 0 Å². The first-order valence-electron chi connectivity index (χ1n) is 9.92. The molecule has 1 N–H and O–H groups in total. The van der Waals surface area contributed by atoms with Crippen molar-refractivity contribution >= 4 is 17.9 Å². The lowest BCUT2D eigenvalue weighted by atomic mass is 10.1. The van der Waals surface area contributed by atoms with E-state index >= 15 is 0 Å². The molecule has 0 aliphatic rings. The van der Waals surface area contributed by atoms with E-state index in [4.69, 9.17) is 21.2 Å². The lowest BCUT2D eigenvalue weighted by molar-refractivity contribution is 0.399. The second-order valence-corrected chi connectivity index (χ2v) is 7.54. The molecule has 10 heteroatoms. The Morgan fingerprint density at radius 1 is 1.00 bits per heavy atom. The van der Waals surface area contributed by atoms with Gasteiger partial charge in [-0.2, -0.15) is 9.90 Å². The van der Waals surface area contributed by atoms with Crippen molar-refractivity contribution in [1.82, 2.24) is 29.9 Å². The molecule has 3 aromatic heterocycles. The van der Waals surface area contributed by atoms with E-state index in [-0.39, 0.29) is 4.84 Å². The van der Waals surface area contributed by atoms with E-state index in [0.29, 0.717) is 35.3 Å². The van der Waals surface area contributed by atoms with Crippen LogP contribution in [-0.4, -0.2) is 29.9 Å². The minimum Gasteiger partial charge on any atom is -0.409 e. The van der Waals surface area contributed by atoms with Gasteiger partial charge in [0.15, 0.2) is 0 Å². The van der Waals surface area contributed by atoms with Crippen LogP contribution in [0.1, 0.15) is 11.3 Å². The summed E-state index contributed by atoms with van der Waals surface area (Å²) in [4.78, 5) is 1.77. The Labute approximate surface area is 188 Å². The Kier molecular flexibility index (Phi) is 5.12. The molecule has 0 bridgehead atoms. The van der Waals surface area contributed by atoms with Crippen LogP contribution in [0.15, 0.2) is 69.7 Å². The fraction of sp³-hybridized carbons (Fsp3) is 0.136. The quantitative estimate of drug-likeness (QED) is 0.372. The van der Waals surface area contributed by atoms with Gasteiger partial charge in [-0.15, -0.1) is 10.2 Å². The highest BCUT2D eigenvalue weighted by Gasteiger charge is 2.24. The Hall–Kier alpha value is -4.05. The number of aromatic nitrogens is 6. The zero-order valence-corrected chi connectivity index (χ0v) is 18.2. The van der Waals surface area contributed by atoms with E-state index in [1.54, 1.807) is 17.8 Å². The largest absolute Gasteiger partial charge is 0.409 e. The van der Waals surface area contributed by atoms with Crippen molar-refractivity contribution in [1.29, 1.82) is 0 Å². The maximum absolute atomic E-state index is 5.77. The van der Waals surface area contributed by atoms with E-state index in [1.165, 1.54) is 10.4 Å². The monoisotopic (exact) mass is 445 g/mol. The van der Waals surface area contributed by atoms with Crippen molar-refractivity contribution in [3.63, 3.8) is 0 Å². The molecule has 0 aliphatic carbocycles. The average molecular weight is 446 g/mol. The zero-order chi connectivity index (χ0) is 22.1. The maximum atomic E-state index is 5.77. The Morgan fingerprint density at radius 3 is 2.56 bits per heavy atom. The van der Waals surface area contributed by atoms with E-state index in [9.17, 15) is 0 Å². The van der Waals surface area contributed by atoms with E-state index in [1.807, 2.05) is 61.5 Å². The fourth-order valence-corrected chi connectivity index (χ4v) is 3.39. The highest BCUT2D eigenvalue weighted by Crippen LogP contribution is 2.32. The molecule has 0 aliphatic heterocycles. The summed E-state index contributed by atoms with van der Waals surface area (Å²) in [5.74, 6) is 0.855. The summed E-state index contributed by atoms with van der Waals surface area (Å²) >= 11 is 5.36. The first-order valence-corrected chi connectivity index (χ1v) is 10.3. The molecule has 0 amide bonds. The molecule has 0 unspecified atom stereocenters. The summed E-state index contributed by atoms with van der Waals surface area (Å²) in [6.45, 7) is 4.19. The topological polar surface area (TPSA) is 99.7 Å². The van der Waals surface area contributed by atoms with Crippen LogP contribution in [0.3, 0.4) is 0 Å².